The van der Waals surface area contributed by atoms with Gasteiger partial charge in [-0.3, -0.25) is 10.1 Å². The van der Waals surface area contributed by atoms with Crippen molar-refractivity contribution in [2.45, 2.75) is 56.0 Å². The van der Waals surface area contributed by atoms with E-state index in [-0.39, 0.29) is 114 Å². The van der Waals surface area contributed by atoms with Crippen molar-refractivity contribution >= 4 is 135 Å². The topological polar surface area (TPSA) is 412 Å². The Kier molecular flexibility index (Phi) is 27.3. The number of rotatable bonds is 19. The second-order valence-corrected chi connectivity index (χ2v) is 23.6. The molecule has 1 aliphatic heterocycles. The molecule has 0 saturated heterocycles. The van der Waals surface area contributed by atoms with Crippen LogP contribution in [-0.2, 0) is 65.2 Å². The molecule has 0 saturated carbocycles. The van der Waals surface area contributed by atoms with Gasteiger partial charge in [0.15, 0.2) is 17.5 Å². The molecule has 4 amide bonds. The van der Waals surface area contributed by atoms with Crippen LogP contribution in [0.5, 0.6) is 17.8 Å². The summed E-state index contributed by atoms with van der Waals surface area (Å²) in [5.74, 6) is -3.17. The van der Waals surface area contributed by atoms with E-state index in [1.165, 1.54) is 63.6 Å². The molecule has 3 heterocycles. The van der Waals surface area contributed by atoms with E-state index in [1.54, 1.807) is 43.7 Å². The number of anilines is 3. The van der Waals surface area contributed by atoms with Gasteiger partial charge in [-0.15, -0.1) is 0 Å². The number of benzene rings is 3. The van der Waals surface area contributed by atoms with Crippen LogP contribution in [0.25, 0.3) is 4.72 Å². The van der Waals surface area contributed by atoms with Crippen molar-refractivity contribution in [1.29, 1.82) is 0 Å². The van der Waals surface area contributed by atoms with Crippen LogP contribution in [0, 0.1) is 10.5 Å². The zero-order valence-electron chi connectivity index (χ0n) is 46.8. The number of urea groups is 2. The van der Waals surface area contributed by atoms with Crippen molar-refractivity contribution in [1.82, 2.24) is 34.4 Å². The van der Waals surface area contributed by atoms with Gasteiger partial charge in [0, 0.05) is 21.6 Å². The first-order valence-corrected chi connectivity index (χ1v) is 30.1. The predicted octanol–water partition coefficient (Wildman–Crippen LogP) is 2.16. The fourth-order valence-electron chi connectivity index (χ4n) is 6.65. The second kappa shape index (κ2) is 32.1. The number of ether oxygens (including phenoxy) is 7. The molecule has 0 fully saturated rings. The normalized spacial score (nSPS) is 13.5. The molecule has 31 nitrogen and oxygen atoms in total. The minimum absolute atomic E-state index is 0. The zero-order valence-corrected chi connectivity index (χ0v) is 54.9. The first-order valence-electron chi connectivity index (χ1n) is 23.4. The minimum Gasteiger partial charge on any atom is -0.481 e. The van der Waals surface area contributed by atoms with Gasteiger partial charge in [-0.1, -0.05) is 29.3 Å². The van der Waals surface area contributed by atoms with Crippen molar-refractivity contribution in [3.63, 3.8) is 0 Å². The number of carbonyl (C=O) groups excluding carboxylic acids is 6. The van der Waals surface area contributed by atoms with E-state index in [0.717, 1.165) is 32.6 Å². The molecule has 1 atom stereocenters. The number of aromatic nitrogens is 5. The molecule has 1 aliphatic rings. The summed E-state index contributed by atoms with van der Waals surface area (Å²) < 4.78 is 115. The number of halogens is 3. The van der Waals surface area contributed by atoms with E-state index in [2.05, 4.69) is 59.6 Å². The Balaban J connectivity index is 0.000000336. The summed E-state index contributed by atoms with van der Waals surface area (Å²) in [6.07, 6.45) is 0.985. The molecule has 454 valence electrons. The number of amides is 4. The average molecular weight is 1410 g/mol. The third kappa shape index (κ3) is 20.7. The number of aryl methyl sites for hydroxylation is 1. The van der Waals surface area contributed by atoms with Crippen molar-refractivity contribution in [2.24, 2.45) is 5.10 Å². The van der Waals surface area contributed by atoms with Gasteiger partial charge >= 0.3 is 65.5 Å². The summed E-state index contributed by atoms with van der Waals surface area (Å²) in [5.41, 5.74) is -1.02. The molecule has 0 radical (unpaired) electrons. The number of hydrazone groups is 1. The van der Waals surface area contributed by atoms with Crippen molar-refractivity contribution in [3.05, 3.63) is 102 Å². The van der Waals surface area contributed by atoms with E-state index in [1.807, 2.05) is 22.6 Å². The van der Waals surface area contributed by atoms with Crippen LogP contribution < -0.4 is 68.9 Å². The van der Waals surface area contributed by atoms with Gasteiger partial charge in [0.05, 0.1) is 87.8 Å². The first-order chi connectivity index (χ1) is 39.4. The largest absolute Gasteiger partial charge is 1.00 e. The van der Waals surface area contributed by atoms with Crippen LogP contribution in [0.15, 0.2) is 75.6 Å². The number of hydrogen-bond donors (Lipinski definition) is 4. The number of nitrogens with zero attached hydrogens (tertiary/aromatic N) is 8. The molecule has 0 aliphatic carbocycles. The van der Waals surface area contributed by atoms with Crippen LogP contribution in [0.4, 0.5) is 27.2 Å². The summed E-state index contributed by atoms with van der Waals surface area (Å²) in [4.78, 5) is 90.8. The molecule has 5 aromatic rings. The Morgan fingerprint density at radius 2 is 1.31 bits per heavy atom. The van der Waals surface area contributed by atoms with E-state index in [4.69, 9.17) is 46.9 Å². The van der Waals surface area contributed by atoms with E-state index >= 15 is 0 Å². The molecule has 4 N–H and O–H groups in total. The van der Waals surface area contributed by atoms with Crippen LogP contribution >= 0.6 is 45.8 Å². The molecule has 1 unspecified atom stereocenters. The van der Waals surface area contributed by atoms with E-state index in [0.29, 0.717) is 19.3 Å². The molecular formula is C47H52Cl2IN12NaO19S3. The maximum Gasteiger partial charge on any atom is 1.00 e. The smallest absolute Gasteiger partial charge is 0.481 e. The van der Waals surface area contributed by atoms with Gasteiger partial charge in [0.1, 0.15) is 16.4 Å². The number of hydrogen-bond acceptors (Lipinski definition) is 26. The third-order valence-electron chi connectivity index (χ3n) is 10.4. The Labute approximate surface area is 532 Å². The fraction of sp³-hybridized carbons (Fsp3) is 0.319. The number of carbonyl (C=O) groups is 6. The second-order valence-electron chi connectivity index (χ2n) is 16.4. The number of nitrogens with one attached hydrogen (secondary N) is 4. The molecule has 0 bridgehead atoms. The van der Waals surface area contributed by atoms with Gasteiger partial charge in [-0.2, -0.15) is 25.0 Å². The summed E-state index contributed by atoms with van der Waals surface area (Å²) in [7, 11) is -6.61. The van der Waals surface area contributed by atoms with Gasteiger partial charge in [-0.25, -0.2) is 68.7 Å². The Hall–Kier alpha value is -6.84. The van der Waals surface area contributed by atoms with Crippen molar-refractivity contribution in [3.8, 4) is 17.8 Å². The SMILES string of the molecule is CCOC(=O)C1=NN(c2ccc(Cl)cc2Cl)C(C)(C(=O)OCC)C1.COC(=O)c1ccc(CNS(C)(=O)=O)cc1S(=O)(=O)NC(=O)Nc1nc(OC)cc(OC)n1.COC(=O)c1ccc(I)cc1S(=O)(=O)[N-]C(=O)Nc1nc(C)nc(OC)n1.[Na+]. The van der Waals surface area contributed by atoms with E-state index < -0.39 is 81.3 Å². The molecule has 3 aromatic carbocycles. The molecular weight excluding hydrogens is 1350 g/mol. The molecule has 2 aromatic heterocycles. The van der Waals surface area contributed by atoms with Crippen LogP contribution in [-0.4, -0.2) is 152 Å². The van der Waals surface area contributed by atoms with Crippen LogP contribution in [0.1, 0.15) is 59.3 Å². The van der Waals surface area contributed by atoms with Gasteiger partial charge in [0.25, 0.3) is 10.0 Å². The average Bonchev–Trinajstić information content (AvgIpc) is 1.95. The maximum absolute atomic E-state index is 12.9. The Morgan fingerprint density at radius 3 is 1.86 bits per heavy atom. The standard InChI is InChI=1S/C17H21N5O9S2.C16H18Cl2N2O4.C14H14IN5O6S.Na/c1-29-13-8-14(30-2)20-16(19-13)21-17(24)22-33(27,28)12-7-10(9-18-32(4,25)26)5-6-11(12)15(23)31-3;1-4-23-14(21)12-9-16(3,15(22)24-5-2)20(19-12)13-7-6-10(17)8-11(13)18;1-7-16-12(19-14(17-7)26-3)18-13(22)20-27(23,24)10-6-8(15)4-5-9(10)11(21)25-2;/h5-8,18H,9H2,1-4H3,(H2,19,20,21,22,24);6-8H,4-5,9H2,1-3H3;4-6H,1-3H3,(H2,16,17,18,19,20,22);/q;;;+1/p-1. The quantitative estimate of drug-likeness (QED) is 0.0398. The minimum atomic E-state index is -4.63. The van der Waals surface area contributed by atoms with Crippen molar-refractivity contribution < 1.29 is 117 Å². The van der Waals surface area contributed by atoms with Crippen LogP contribution in [0.3, 0.4) is 0 Å². The van der Waals surface area contributed by atoms with Crippen LogP contribution in [0.2, 0.25) is 10.0 Å². The van der Waals surface area contributed by atoms with Gasteiger partial charge in [-0.05, 0) is 104 Å². The monoisotopic (exact) mass is 1400 g/mol. The summed E-state index contributed by atoms with van der Waals surface area (Å²) in [6, 6.07) is 11.1. The maximum atomic E-state index is 12.9. The summed E-state index contributed by atoms with van der Waals surface area (Å²) in [6.45, 7) is 6.76. The molecule has 0 spiro atoms. The van der Waals surface area contributed by atoms with E-state index in [9.17, 15) is 54.0 Å². The van der Waals surface area contributed by atoms with Gasteiger partial charge in [0.2, 0.25) is 37.8 Å². The van der Waals surface area contributed by atoms with Gasteiger partial charge < -0.3 is 43.2 Å². The Bertz CT molecular complexity index is 3690. The Morgan fingerprint density at radius 1 is 0.718 bits per heavy atom. The number of sulfonamides is 3. The first kappa shape index (κ1) is 72.4. The fourth-order valence-corrected chi connectivity index (χ4v) is 10.5. The molecule has 85 heavy (non-hydrogen) atoms. The molecule has 38 heteroatoms. The summed E-state index contributed by atoms with van der Waals surface area (Å²) >= 11 is 14.0. The third-order valence-corrected chi connectivity index (χ3v) is 14.9. The zero-order chi connectivity index (χ0) is 62.9. The predicted molar refractivity (Wildman–Crippen MR) is 308 cm³/mol. The summed E-state index contributed by atoms with van der Waals surface area (Å²) in [5, 5.41) is 10.7. The molecule has 6 rings (SSSR count). The van der Waals surface area contributed by atoms with Crippen molar-refractivity contribution in [2.75, 3.05) is 70.7 Å². The number of esters is 4. The number of methoxy groups -OCH3 is 5.